The summed E-state index contributed by atoms with van der Waals surface area (Å²) in [4.78, 5) is 4.18. The molecule has 1 atom stereocenters. The van der Waals surface area contributed by atoms with Gasteiger partial charge in [0.2, 0.25) is 0 Å². The second-order valence-electron chi connectivity index (χ2n) is 4.01. The molecule has 4 nitrogen and oxygen atoms in total. The first-order valence-corrected chi connectivity index (χ1v) is 6.92. The quantitative estimate of drug-likeness (QED) is 0.560. The van der Waals surface area contributed by atoms with Crippen molar-refractivity contribution >= 4 is 11.8 Å². The number of aryl methyl sites for hydroxylation is 1. The maximum absolute atomic E-state index is 4.18. The number of nitrogens with zero attached hydrogens (tertiary/aromatic N) is 3. The van der Waals surface area contributed by atoms with Crippen LogP contribution in [0.5, 0.6) is 0 Å². The predicted octanol–water partition coefficient (Wildman–Crippen LogP) is 2.08. The molecule has 0 aliphatic rings. The van der Waals surface area contributed by atoms with Crippen molar-refractivity contribution in [3.05, 3.63) is 6.33 Å². The van der Waals surface area contributed by atoms with Gasteiger partial charge in [0.15, 0.2) is 5.16 Å². The fraction of sp³-hybridized carbons (Fsp3) is 0.818. The van der Waals surface area contributed by atoms with Crippen LogP contribution in [0.2, 0.25) is 0 Å². The Morgan fingerprint density at radius 1 is 1.56 bits per heavy atom. The van der Waals surface area contributed by atoms with E-state index in [0.29, 0.717) is 6.04 Å². The lowest BCUT2D eigenvalue weighted by atomic mass is 10.2. The van der Waals surface area contributed by atoms with Gasteiger partial charge < -0.3 is 5.32 Å². The highest BCUT2D eigenvalue weighted by molar-refractivity contribution is 7.99. The summed E-state index contributed by atoms with van der Waals surface area (Å²) in [5, 5.41) is 8.55. The Labute approximate surface area is 102 Å². The van der Waals surface area contributed by atoms with Crippen LogP contribution in [0.1, 0.15) is 33.1 Å². The van der Waals surface area contributed by atoms with Crippen LogP contribution in [0.3, 0.4) is 0 Å². The fourth-order valence-corrected chi connectivity index (χ4v) is 2.31. The minimum absolute atomic E-state index is 0.625. The zero-order chi connectivity index (χ0) is 11.8. The Kier molecular flexibility index (Phi) is 6.49. The van der Waals surface area contributed by atoms with Crippen molar-refractivity contribution in [1.82, 2.24) is 20.1 Å². The SMILES string of the molecule is CCCNC(C)CCCSc1ncnn1C. The van der Waals surface area contributed by atoms with E-state index in [2.05, 4.69) is 29.2 Å². The van der Waals surface area contributed by atoms with E-state index in [0.717, 1.165) is 17.5 Å². The molecule has 1 rings (SSSR count). The molecule has 0 amide bonds. The minimum Gasteiger partial charge on any atom is -0.314 e. The number of rotatable bonds is 8. The summed E-state index contributed by atoms with van der Waals surface area (Å²) in [6, 6.07) is 0.625. The van der Waals surface area contributed by atoms with Crippen LogP contribution in [-0.2, 0) is 7.05 Å². The summed E-state index contributed by atoms with van der Waals surface area (Å²) < 4.78 is 1.82. The summed E-state index contributed by atoms with van der Waals surface area (Å²) in [5.41, 5.74) is 0. The molecule has 0 radical (unpaired) electrons. The van der Waals surface area contributed by atoms with Crippen LogP contribution < -0.4 is 5.32 Å². The Bertz CT molecular complexity index is 287. The Balaban J connectivity index is 2.06. The van der Waals surface area contributed by atoms with Gasteiger partial charge in [-0.15, -0.1) is 0 Å². The summed E-state index contributed by atoms with van der Waals surface area (Å²) >= 11 is 1.78. The monoisotopic (exact) mass is 242 g/mol. The molecule has 1 aromatic rings. The van der Waals surface area contributed by atoms with E-state index in [1.165, 1.54) is 19.3 Å². The molecule has 0 aliphatic carbocycles. The van der Waals surface area contributed by atoms with Crippen molar-refractivity contribution in [3.63, 3.8) is 0 Å². The third-order valence-corrected chi connectivity index (χ3v) is 3.55. The van der Waals surface area contributed by atoms with Crippen LogP contribution in [0, 0.1) is 0 Å². The Morgan fingerprint density at radius 2 is 2.38 bits per heavy atom. The van der Waals surface area contributed by atoms with Crippen molar-refractivity contribution in [3.8, 4) is 0 Å². The molecule has 0 bridgehead atoms. The third-order valence-electron chi connectivity index (χ3n) is 2.43. The summed E-state index contributed by atoms with van der Waals surface area (Å²) in [7, 11) is 1.93. The van der Waals surface area contributed by atoms with Gasteiger partial charge in [-0.2, -0.15) is 5.10 Å². The first kappa shape index (κ1) is 13.5. The molecule has 1 heterocycles. The lowest BCUT2D eigenvalue weighted by molar-refractivity contribution is 0.510. The summed E-state index contributed by atoms with van der Waals surface area (Å²) in [6.45, 7) is 5.57. The van der Waals surface area contributed by atoms with Crippen LogP contribution in [0.15, 0.2) is 11.5 Å². The number of hydrogen-bond donors (Lipinski definition) is 1. The average Bonchev–Trinajstić information content (AvgIpc) is 2.67. The number of aromatic nitrogens is 3. The highest BCUT2D eigenvalue weighted by atomic mass is 32.2. The second kappa shape index (κ2) is 7.68. The molecule has 0 spiro atoms. The maximum atomic E-state index is 4.18. The van der Waals surface area contributed by atoms with Crippen LogP contribution in [-0.4, -0.2) is 33.1 Å². The smallest absolute Gasteiger partial charge is 0.185 e. The van der Waals surface area contributed by atoms with Crippen molar-refractivity contribution in [2.45, 2.75) is 44.3 Å². The van der Waals surface area contributed by atoms with Crippen molar-refractivity contribution < 1.29 is 0 Å². The number of hydrogen-bond acceptors (Lipinski definition) is 4. The molecule has 16 heavy (non-hydrogen) atoms. The minimum atomic E-state index is 0.625. The largest absolute Gasteiger partial charge is 0.314 e. The molecule has 1 unspecified atom stereocenters. The van der Waals surface area contributed by atoms with E-state index in [-0.39, 0.29) is 0 Å². The third kappa shape index (κ3) is 4.99. The van der Waals surface area contributed by atoms with Crippen LogP contribution in [0.25, 0.3) is 0 Å². The van der Waals surface area contributed by atoms with Gasteiger partial charge in [-0.25, -0.2) is 9.67 Å². The van der Waals surface area contributed by atoms with Gasteiger partial charge in [0, 0.05) is 18.8 Å². The summed E-state index contributed by atoms with van der Waals surface area (Å²) in [6.07, 6.45) is 5.26. The second-order valence-corrected chi connectivity index (χ2v) is 5.07. The van der Waals surface area contributed by atoms with Gasteiger partial charge in [0.1, 0.15) is 6.33 Å². The molecular formula is C11H22N4S. The van der Waals surface area contributed by atoms with Gasteiger partial charge in [0.25, 0.3) is 0 Å². The summed E-state index contributed by atoms with van der Waals surface area (Å²) in [5.74, 6) is 1.12. The van der Waals surface area contributed by atoms with Crippen molar-refractivity contribution in [2.75, 3.05) is 12.3 Å². The van der Waals surface area contributed by atoms with Gasteiger partial charge in [-0.05, 0) is 32.7 Å². The van der Waals surface area contributed by atoms with E-state index in [9.17, 15) is 0 Å². The Morgan fingerprint density at radius 3 is 3.00 bits per heavy atom. The normalized spacial score (nSPS) is 12.9. The molecule has 5 heteroatoms. The first-order chi connectivity index (χ1) is 7.74. The topological polar surface area (TPSA) is 42.7 Å². The van der Waals surface area contributed by atoms with Gasteiger partial charge in [-0.3, -0.25) is 0 Å². The van der Waals surface area contributed by atoms with Crippen molar-refractivity contribution in [1.29, 1.82) is 0 Å². The van der Waals surface area contributed by atoms with Gasteiger partial charge >= 0.3 is 0 Å². The molecule has 0 aromatic carbocycles. The lowest BCUT2D eigenvalue weighted by Gasteiger charge is -2.12. The van der Waals surface area contributed by atoms with Crippen LogP contribution >= 0.6 is 11.8 Å². The zero-order valence-corrected chi connectivity index (χ0v) is 11.3. The first-order valence-electron chi connectivity index (χ1n) is 5.94. The van der Waals surface area contributed by atoms with E-state index in [1.807, 2.05) is 11.7 Å². The molecule has 0 aliphatic heterocycles. The molecule has 1 aromatic heterocycles. The number of thioether (sulfide) groups is 1. The van der Waals surface area contributed by atoms with E-state index < -0.39 is 0 Å². The fourth-order valence-electron chi connectivity index (χ4n) is 1.46. The molecule has 1 N–H and O–H groups in total. The van der Waals surface area contributed by atoms with E-state index in [4.69, 9.17) is 0 Å². The molecule has 0 saturated heterocycles. The molecular weight excluding hydrogens is 220 g/mol. The van der Waals surface area contributed by atoms with Gasteiger partial charge in [0.05, 0.1) is 0 Å². The molecule has 92 valence electrons. The van der Waals surface area contributed by atoms with Gasteiger partial charge in [-0.1, -0.05) is 18.7 Å². The average molecular weight is 242 g/mol. The van der Waals surface area contributed by atoms with E-state index in [1.54, 1.807) is 18.1 Å². The molecule has 0 saturated carbocycles. The highest BCUT2D eigenvalue weighted by Gasteiger charge is 2.03. The van der Waals surface area contributed by atoms with E-state index >= 15 is 0 Å². The predicted molar refractivity (Wildman–Crippen MR) is 68.7 cm³/mol. The maximum Gasteiger partial charge on any atom is 0.185 e. The zero-order valence-electron chi connectivity index (χ0n) is 10.4. The lowest BCUT2D eigenvalue weighted by Crippen LogP contribution is -2.26. The van der Waals surface area contributed by atoms with Crippen LogP contribution in [0.4, 0.5) is 0 Å². The van der Waals surface area contributed by atoms with Crippen molar-refractivity contribution in [2.24, 2.45) is 7.05 Å². The standard InChI is InChI=1S/C11H22N4S/c1-4-7-12-10(2)6-5-8-16-11-13-9-14-15(11)3/h9-10,12H,4-8H2,1-3H3. The highest BCUT2D eigenvalue weighted by Crippen LogP contribution is 2.15. The molecule has 0 fully saturated rings. The Hall–Kier alpha value is -0.550. The number of nitrogens with one attached hydrogen (secondary N) is 1.